The van der Waals surface area contributed by atoms with Crippen molar-refractivity contribution in [2.75, 3.05) is 0 Å². The molecule has 0 fully saturated rings. The molecule has 0 heterocycles. The zero-order chi connectivity index (χ0) is 27.4. The summed E-state index contributed by atoms with van der Waals surface area (Å²) in [6, 6.07) is 10.6. The van der Waals surface area contributed by atoms with Crippen LogP contribution in [0.25, 0.3) is 10.8 Å². The zero-order valence-corrected chi connectivity index (χ0v) is 19.8. The summed E-state index contributed by atoms with van der Waals surface area (Å²) in [7, 11) is 0. The number of alkyl halides is 3. The van der Waals surface area contributed by atoms with Crippen molar-refractivity contribution in [3.8, 4) is 0 Å². The van der Waals surface area contributed by atoms with Gasteiger partial charge in [0.2, 0.25) is 0 Å². The fourth-order valence-corrected chi connectivity index (χ4v) is 5.21. The van der Waals surface area contributed by atoms with Crippen LogP contribution in [0.1, 0.15) is 32.3 Å². The zero-order valence-electron chi connectivity index (χ0n) is 19.8. The molecule has 37 heavy (non-hydrogen) atoms. The van der Waals surface area contributed by atoms with E-state index < -0.39 is 68.0 Å². The van der Waals surface area contributed by atoms with E-state index in [1.54, 1.807) is 24.3 Å². The lowest BCUT2D eigenvalue weighted by atomic mass is 9.60. The minimum Gasteiger partial charge on any atom is -0.505 e. The quantitative estimate of drug-likeness (QED) is 0.357. The van der Waals surface area contributed by atoms with Gasteiger partial charge in [-0.3, -0.25) is 20.2 Å². The first-order chi connectivity index (χ1) is 17.2. The van der Waals surface area contributed by atoms with Gasteiger partial charge in [0, 0.05) is 36.5 Å². The number of nitrogens with zero attached hydrogens (tertiary/aromatic N) is 2. The molecular formula is C26H23F3N2O6. The Morgan fingerprint density at radius 2 is 1.24 bits per heavy atom. The van der Waals surface area contributed by atoms with E-state index in [9.17, 15) is 30.4 Å². The fraction of sp³-hybridized carbons (Fsp3) is 0.308. The summed E-state index contributed by atoms with van der Waals surface area (Å²) < 4.78 is 47.0. The van der Waals surface area contributed by atoms with Crippen molar-refractivity contribution in [1.29, 1.82) is 0 Å². The van der Waals surface area contributed by atoms with Crippen LogP contribution in [0.2, 0.25) is 0 Å². The highest BCUT2D eigenvalue weighted by molar-refractivity contribution is 5.88. The fourth-order valence-electron chi connectivity index (χ4n) is 5.21. The maximum Gasteiger partial charge on any atom is 0.405 e. The molecule has 0 spiro atoms. The Labute approximate surface area is 209 Å². The maximum absolute atomic E-state index is 15.7. The molecule has 2 unspecified atom stereocenters. The number of nitro groups is 2. The number of allylic oxidation sites excluding steroid dienone is 4. The highest BCUT2D eigenvalue weighted by Crippen LogP contribution is 2.58. The van der Waals surface area contributed by atoms with Gasteiger partial charge in [0.1, 0.15) is 5.41 Å². The molecule has 0 saturated carbocycles. The van der Waals surface area contributed by atoms with Crippen LogP contribution in [-0.4, -0.2) is 37.3 Å². The predicted octanol–water partition coefficient (Wildman–Crippen LogP) is 6.25. The smallest absolute Gasteiger partial charge is 0.405 e. The highest BCUT2D eigenvalue weighted by Gasteiger charge is 2.65. The van der Waals surface area contributed by atoms with Gasteiger partial charge < -0.3 is 10.2 Å². The Kier molecular flexibility index (Phi) is 5.93. The van der Waals surface area contributed by atoms with Crippen LogP contribution >= 0.6 is 0 Å². The van der Waals surface area contributed by atoms with E-state index >= 15 is 13.2 Å². The number of benzene rings is 2. The summed E-state index contributed by atoms with van der Waals surface area (Å²) in [6.07, 6.45) is -3.02. The van der Waals surface area contributed by atoms with Crippen molar-refractivity contribution >= 4 is 10.8 Å². The molecule has 0 bridgehead atoms. The summed E-state index contributed by atoms with van der Waals surface area (Å²) in [4.78, 5) is 22.1. The number of aliphatic hydroxyl groups excluding tert-OH is 2. The summed E-state index contributed by atoms with van der Waals surface area (Å²) in [5.74, 6) is -1.42. The van der Waals surface area contributed by atoms with Crippen molar-refractivity contribution < 1.29 is 33.2 Å². The van der Waals surface area contributed by atoms with Crippen LogP contribution < -0.4 is 0 Å². The van der Waals surface area contributed by atoms with Crippen LogP contribution in [0.4, 0.5) is 13.2 Å². The van der Waals surface area contributed by atoms with Crippen LogP contribution in [0.5, 0.6) is 0 Å². The van der Waals surface area contributed by atoms with Crippen molar-refractivity contribution in [2.45, 2.75) is 49.4 Å². The SMILES string of the molecule is CC1([N+](=O)[O-])CC(C(C2=CC=C(O)C(C)([N+](=O)[O-])C2)(c2cccc3ccccc23)C(F)(F)F)=CC=C1O. The topological polar surface area (TPSA) is 127 Å². The number of hydrogen-bond acceptors (Lipinski definition) is 6. The van der Waals surface area contributed by atoms with E-state index in [1.807, 2.05) is 0 Å². The standard InChI is InChI=1S/C26H23F3N2O6/c1-23(30(34)35)14-17(10-12-21(23)32)25(26(27,28)29,18-11-13-22(33)24(2,15-18)31(36)37)20-9-5-7-16-6-3-4-8-19(16)20/h3-13,32-33H,14-15H2,1-2H3. The molecule has 2 N–H and O–H groups in total. The third-order valence-electron chi connectivity index (χ3n) is 7.45. The third kappa shape index (κ3) is 3.68. The number of fused-ring (bicyclic) bond motifs is 1. The van der Waals surface area contributed by atoms with E-state index in [2.05, 4.69) is 0 Å². The average molecular weight is 516 g/mol. The van der Waals surface area contributed by atoms with E-state index in [1.165, 1.54) is 18.2 Å². The first kappa shape index (κ1) is 25.9. The second kappa shape index (κ2) is 8.46. The molecule has 0 aliphatic heterocycles. The third-order valence-corrected chi connectivity index (χ3v) is 7.45. The Balaban J connectivity index is 2.15. The highest BCUT2D eigenvalue weighted by atomic mass is 19.4. The van der Waals surface area contributed by atoms with Crippen LogP contribution in [0, 0.1) is 20.2 Å². The summed E-state index contributed by atoms with van der Waals surface area (Å²) >= 11 is 0. The van der Waals surface area contributed by atoms with Crippen LogP contribution in [-0.2, 0) is 5.41 Å². The van der Waals surface area contributed by atoms with Gasteiger partial charge in [-0.25, -0.2) is 0 Å². The predicted molar refractivity (Wildman–Crippen MR) is 129 cm³/mol. The second-order valence-electron chi connectivity index (χ2n) is 9.68. The molecule has 8 nitrogen and oxygen atoms in total. The van der Waals surface area contributed by atoms with E-state index in [-0.39, 0.29) is 10.9 Å². The molecule has 2 aromatic rings. The second-order valence-corrected chi connectivity index (χ2v) is 9.68. The Morgan fingerprint density at radius 1 is 0.784 bits per heavy atom. The van der Waals surface area contributed by atoms with Gasteiger partial charge in [-0.15, -0.1) is 0 Å². The van der Waals surface area contributed by atoms with E-state index in [0.717, 1.165) is 38.2 Å². The first-order valence-corrected chi connectivity index (χ1v) is 11.2. The maximum atomic E-state index is 15.7. The molecule has 0 saturated heterocycles. The summed E-state index contributed by atoms with van der Waals surface area (Å²) in [5, 5.41) is 45.1. The average Bonchev–Trinajstić information content (AvgIpc) is 2.83. The van der Waals surface area contributed by atoms with Gasteiger partial charge in [0.25, 0.3) is 11.1 Å². The normalized spacial score (nSPS) is 25.9. The lowest BCUT2D eigenvalue weighted by Gasteiger charge is -2.44. The monoisotopic (exact) mass is 516 g/mol. The number of hydrogen-bond donors (Lipinski definition) is 2. The number of rotatable bonds is 5. The molecule has 0 amide bonds. The summed E-state index contributed by atoms with van der Waals surface area (Å²) in [6.45, 7) is 2.05. The minimum absolute atomic E-state index is 0.201. The molecule has 0 radical (unpaired) electrons. The van der Waals surface area contributed by atoms with Gasteiger partial charge >= 0.3 is 6.18 Å². The lowest BCUT2D eigenvalue weighted by molar-refractivity contribution is -0.558. The van der Waals surface area contributed by atoms with Crippen molar-refractivity contribution in [3.63, 3.8) is 0 Å². The molecule has 2 atom stereocenters. The van der Waals surface area contributed by atoms with Gasteiger partial charge in [-0.1, -0.05) is 54.6 Å². The molecule has 2 aliphatic carbocycles. The molecule has 4 rings (SSSR count). The van der Waals surface area contributed by atoms with Crippen molar-refractivity contribution in [2.24, 2.45) is 0 Å². The summed E-state index contributed by atoms with van der Waals surface area (Å²) in [5.41, 5.74) is -8.75. The van der Waals surface area contributed by atoms with Gasteiger partial charge in [0.15, 0.2) is 11.5 Å². The van der Waals surface area contributed by atoms with Crippen LogP contribution in [0.3, 0.4) is 0 Å². The van der Waals surface area contributed by atoms with Gasteiger partial charge in [-0.05, 0) is 39.6 Å². The molecular weight excluding hydrogens is 493 g/mol. The van der Waals surface area contributed by atoms with E-state index in [4.69, 9.17) is 0 Å². The van der Waals surface area contributed by atoms with Crippen molar-refractivity contribution in [1.82, 2.24) is 0 Å². The number of halogens is 3. The lowest BCUT2D eigenvalue weighted by Crippen LogP contribution is -2.52. The molecule has 0 aromatic heterocycles. The van der Waals surface area contributed by atoms with Gasteiger partial charge in [0.05, 0.1) is 0 Å². The Bertz CT molecular complexity index is 1380. The van der Waals surface area contributed by atoms with Crippen LogP contribution in [0.15, 0.2) is 89.4 Å². The van der Waals surface area contributed by atoms with Gasteiger partial charge in [-0.2, -0.15) is 13.2 Å². The number of aliphatic hydroxyl groups is 2. The Morgan fingerprint density at radius 3 is 1.70 bits per heavy atom. The molecule has 194 valence electrons. The molecule has 2 aromatic carbocycles. The minimum atomic E-state index is -5.13. The molecule has 2 aliphatic rings. The largest absolute Gasteiger partial charge is 0.505 e. The van der Waals surface area contributed by atoms with E-state index in [0.29, 0.717) is 5.39 Å². The Hall–Kier alpha value is -4.15. The van der Waals surface area contributed by atoms with Crippen molar-refractivity contribution in [3.05, 3.63) is 115 Å². The molecule has 11 heteroatoms. The first-order valence-electron chi connectivity index (χ1n) is 11.2.